The predicted molar refractivity (Wildman–Crippen MR) is 147 cm³/mol. The lowest BCUT2D eigenvalue weighted by atomic mass is 10.1. The Balaban J connectivity index is 1.84. The van der Waals surface area contributed by atoms with Gasteiger partial charge in [-0.1, -0.05) is 95.5 Å². The highest BCUT2D eigenvalue weighted by molar-refractivity contribution is 5.90. The molecule has 190 valence electrons. The number of aromatic nitrogens is 1. The summed E-state index contributed by atoms with van der Waals surface area (Å²) in [5.41, 5.74) is 2.62. The van der Waals surface area contributed by atoms with Crippen molar-refractivity contribution in [3.63, 3.8) is 0 Å². The third kappa shape index (κ3) is 7.78. The van der Waals surface area contributed by atoms with Gasteiger partial charge in [0.1, 0.15) is 0 Å². The number of hydrogen-bond acceptors (Lipinski definition) is 4. The van der Waals surface area contributed by atoms with E-state index in [-0.39, 0.29) is 17.1 Å². The van der Waals surface area contributed by atoms with Gasteiger partial charge in [-0.2, -0.15) is 0 Å². The second-order valence-electron chi connectivity index (χ2n) is 9.38. The molecule has 1 heterocycles. The van der Waals surface area contributed by atoms with Crippen LogP contribution in [0.3, 0.4) is 0 Å². The number of aryl methyl sites for hydroxylation is 1. The van der Waals surface area contributed by atoms with Crippen LogP contribution in [0.1, 0.15) is 83.6 Å². The number of nitrogens with one attached hydrogen (secondary N) is 1. The zero-order valence-corrected chi connectivity index (χ0v) is 21.5. The molecule has 0 bridgehead atoms. The van der Waals surface area contributed by atoms with Gasteiger partial charge in [0.15, 0.2) is 5.75 Å². The van der Waals surface area contributed by atoms with Gasteiger partial charge >= 0.3 is 0 Å². The Morgan fingerprint density at radius 3 is 2.29 bits per heavy atom. The molecule has 0 aliphatic rings. The molecule has 0 unspecified atom stereocenters. The largest absolute Gasteiger partial charge is 0.504 e. The van der Waals surface area contributed by atoms with Crippen molar-refractivity contribution in [1.29, 1.82) is 0 Å². The number of rotatable bonds is 16. The molecule has 5 heteroatoms. The summed E-state index contributed by atoms with van der Waals surface area (Å²) in [6.07, 6.45) is 11.2. The van der Waals surface area contributed by atoms with Crippen LogP contribution < -0.4 is 15.6 Å². The molecule has 2 aromatic carbocycles. The maximum absolute atomic E-state index is 13.4. The van der Waals surface area contributed by atoms with Crippen LogP contribution in [0, 0.1) is 0 Å². The van der Waals surface area contributed by atoms with E-state index in [1.54, 1.807) is 4.57 Å². The van der Waals surface area contributed by atoms with Crippen molar-refractivity contribution < 1.29 is 9.84 Å². The van der Waals surface area contributed by atoms with E-state index in [9.17, 15) is 9.90 Å². The second kappa shape index (κ2) is 14.4. The molecule has 0 saturated heterocycles. The summed E-state index contributed by atoms with van der Waals surface area (Å²) < 4.78 is 7.65. The van der Waals surface area contributed by atoms with E-state index in [1.165, 1.54) is 31.2 Å². The first-order valence-electron chi connectivity index (χ1n) is 13.5. The van der Waals surface area contributed by atoms with Crippen LogP contribution in [0.15, 0.2) is 53.3 Å². The lowest BCUT2D eigenvalue weighted by Crippen LogP contribution is -2.23. The van der Waals surface area contributed by atoms with Crippen molar-refractivity contribution in [2.75, 3.05) is 11.9 Å². The quantitative estimate of drug-likeness (QED) is 0.208. The summed E-state index contributed by atoms with van der Waals surface area (Å²) in [4.78, 5) is 13.4. The van der Waals surface area contributed by atoms with Gasteiger partial charge < -0.3 is 19.7 Å². The molecule has 0 atom stereocenters. The number of benzene rings is 2. The highest BCUT2D eigenvalue weighted by atomic mass is 16.5. The Kier molecular flexibility index (Phi) is 11.0. The maximum atomic E-state index is 13.4. The van der Waals surface area contributed by atoms with E-state index < -0.39 is 0 Å². The summed E-state index contributed by atoms with van der Waals surface area (Å²) >= 11 is 0. The van der Waals surface area contributed by atoms with Gasteiger partial charge in [-0.05, 0) is 36.6 Å². The molecule has 0 spiro atoms. The zero-order valence-electron chi connectivity index (χ0n) is 21.5. The minimum atomic E-state index is -0.237. The van der Waals surface area contributed by atoms with Crippen LogP contribution in [0.2, 0.25) is 0 Å². The Morgan fingerprint density at radius 2 is 1.54 bits per heavy atom. The molecular formula is C30H42N2O3. The summed E-state index contributed by atoms with van der Waals surface area (Å²) in [6, 6.07) is 16.0. The molecule has 3 rings (SSSR count). The average Bonchev–Trinajstić information content (AvgIpc) is 2.88. The molecule has 35 heavy (non-hydrogen) atoms. The Bertz CT molecular complexity index is 1090. The molecule has 2 N–H and O–H groups in total. The van der Waals surface area contributed by atoms with Gasteiger partial charge in [-0.25, -0.2) is 0 Å². The van der Waals surface area contributed by atoms with Gasteiger partial charge in [-0.15, -0.1) is 0 Å². The summed E-state index contributed by atoms with van der Waals surface area (Å²) in [7, 11) is 0. The van der Waals surface area contributed by atoms with Crippen LogP contribution in [0.25, 0.3) is 10.9 Å². The van der Waals surface area contributed by atoms with E-state index in [0.29, 0.717) is 25.1 Å². The van der Waals surface area contributed by atoms with Crippen LogP contribution in [0.5, 0.6) is 11.5 Å². The molecule has 0 radical (unpaired) electrons. The van der Waals surface area contributed by atoms with E-state index in [0.717, 1.165) is 49.7 Å². The molecule has 1 aromatic heterocycles. The number of aromatic hydroxyl groups is 1. The normalized spacial score (nSPS) is 11.1. The van der Waals surface area contributed by atoms with Crippen LogP contribution in [-0.2, 0) is 13.1 Å². The van der Waals surface area contributed by atoms with E-state index in [2.05, 4.69) is 31.3 Å². The zero-order chi connectivity index (χ0) is 24.9. The van der Waals surface area contributed by atoms with Crippen molar-refractivity contribution in [2.24, 2.45) is 0 Å². The highest BCUT2D eigenvalue weighted by Crippen LogP contribution is 2.33. The third-order valence-electron chi connectivity index (χ3n) is 6.52. The second-order valence-corrected chi connectivity index (χ2v) is 9.38. The van der Waals surface area contributed by atoms with Crippen molar-refractivity contribution in [1.82, 2.24) is 4.57 Å². The molecular weight excluding hydrogens is 436 g/mol. The predicted octanol–water partition coefficient (Wildman–Crippen LogP) is 7.64. The SMILES string of the molecule is CCCCCCCCn1c(=O)c(OCCCCCC)c(O)c2ccc(NCc3ccccc3)cc21. The number of anilines is 1. The van der Waals surface area contributed by atoms with Crippen molar-refractivity contribution in [3.8, 4) is 11.5 Å². The first kappa shape index (κ1) is 26.7. The van der Waals surface area contributed by atoms with Gasteiger partial charge in [0.25, 0.3) is 5.56 Å². The van der Waals surface area contributed by atoms with Crippen molar-refractivity contribution >= 4 is 16.6 Å². The lowest BCUT2D eigenvalue weighted by Gasteiger charge is -2.17. The summed E-state index contributed by atoms with van der Waals surface area (Å²) in [5, 5.41) is 15.1. The van der Waals surface area contributed by atoms with Crippen molar-refractivity contribution in [2.45, 2.75) is 91.1 Å². The van der Waals surface area contributed by atoms with Gasteiger partial charge in [0.2, 0.25) is 5.75 Å². The fraction of sp³-hybridized carbons (Fsp3) is 0.500. The first-order valence-corrected chi connectivity index (χ1v) is 13.5. The minimum Gasteiger partial charge on any atom is -0.504 e. The maximum Gasteiger partial charge on any atom is 0.297 e. The molecule has 0 aliphatic carbocycles. The fourth-order valence-corrected chi connectivity index (χ4v) is 4.43. The van der Waals surface area contributed by atoms with Gasteiger partial charge in [-0.3, -0.25) is 4.79 Å². The fourth-order valence-electron chi connectivity index (χ4n) is 4.43. The number of ether oxygens (including phenoxy) is 1. The molecule has 0 aliphatic heterocycles. The Morgan fingerprint density at radius 1 is 0.857 bits per heavy atom. The van der Waals surface area contributed by atoms with Crippen LogP contribution in [0.4, 0.5) is 5.69 Å². The smallest absolute Gasteiger partial charge is 0.297 e. The number of fused-ring (bicyclic) bond motifs is 1. The monoisotopic (exact) mass is 478 g/mol. The van der Waals surface area contributed by atoms with E-state index >= 15 is 0 Å². The Labute approximate surface area is 210 Å². The van der Waals surface area contributed by atoms with Crippen LogP contribution in [-0.4, -0.2) is 16.3 Å². The lowest BCUT2D eigenvalue weighted by molar-refractivity contribution is 0.284. The summed E-state index contributed by atoms with van der Waals surface area (Å²) in [6.45, 7) is 6.15. The number of nitrogens with zero attached hydrogens (tertiary/aromatic N) is 1. The highest BCUT2D eigenvalue weighted by Gasteiger charge is 2.18. The first-order chi connectivity index (χ1) is 17.2. The molecule has 3 aromatic rings. The number of pyridine rings is 1. The summed E-state index contributed by atoms with van der Waals surface area (Å²) in [5.74, 6) is 0.0410. The van der Waals surface area contributed by atoms with Crippen LogP contribution >= 0.6 is 0 Å². The molecule has 5 nitrogen and oxygen atoms in total. The molecule has 0 saturated carbocycles. The number of hydrogen-bond donors (Lipinski definition) is 2. The Hall–Kier alpha value is -2.95. The van der Waals surface area contributed by atoms with E-state index in [4.69, 9.17) is 4.74 Å². The van der Waals surface area contributed by atoms with Gasteiger partial charge in [0.05, 0.1) is 12.1 Å². The van der Waals surface area contributed by atoms with E-state index in [1.807, 2.05) is 36.4 Å². The van der Waals surface area contributed by atoms with Crippen molar-refractivity contribution in [3.05, 3.63) is 64.4 Å². The topological polar surface area (TPSA) is 63.5 Å². The molecule has 0 fully saturated rings. The standard InChI is InChI=1S/C30H42N2O3/c1-3-5-7-9-10-14-20-32-27-22-25(31-23-24-16-12-11-13-17-24)18-19-26(27)28(33)29(30(32)34)35-21-15-8-6-4-2/h11-13,16-19,22,31,33H,3-10,14-15,20-21,23H2,1-2H3. The molecule has 0 amide bonds. The van der Waals surface area contributed by atoms with Gasteiger partial charge in [0, 0.05) is 24.2 Å². The third-order valence-corrected chi connectivity index (χ3v) is 6.52. The average molecular weight is 479 g/mol. The minimum absolute atomic E-state index is 0.0469. The number of unbranched alkanes of at least 4 members (excludes halogenated alkanes) is 8.